The van der Waals surface area contributed by atoms with Crippen molar-refractivity contribution >= 4 is 11.8 Å². The molecular formula is C15H13FN2O4. The minimum Gasteiger partial charge on any atom is -0.507 e. The predicted molar refractivity (Wildman–Crippen MR) is 75.6 cm³/mol. The largest absolute Gasteiger partial charge is 0.507 e. The Morgan fingerprint density at radius 2 is 1.73 bits per heavy atom. The Kier molecular flexibility index (Phi) is 4.92. The highest BCUT2D eigenvalue weighted by atomic mass is 19.1. The highest BCUT2D eigenvalue weighted by Gasteiger charge is 2.11. The highest BCUT2D eigenvalue weighted by Crippen LogP contribution is 2.14. The van der Waals surface area contributed by atoms with Crippen LogP contribution in [0.2, 0.25) is 0 Å². The van der Waals surface area contributed by atoms with Crippen LogP contribution in [0.15, 0.2) is 48.5 Å². The van der Waals surface area contributed by atoms with Crippen molar-refractivity contribution in [3.8, 4) is 11.5 Å². The fraction of sp³-hybridized carbons (Fsp3) is 0.0667. The van der Waals surface area contributed by atoms with Gasteiger partial charge in [0.1, 0.15) is 17.3 Å². The third-order valence-corrected chi connectivity index (χ3v) is 2.65. The van der Waals surface area contributed by atoms with Crippen molar-refractivity contribution in [1.29, 1.82) is 0 Å². The van der Waals surface area contributed by atoms with Crippen molar-refractivity contribution in [2.75, 3.05) is 6.61 Å². The summed E-state index contributed by atoms with van der Waals surface area (Å²) in [6.07, 6.45) is 0. The van der Waals surface area contributed by atoms with Gasteiger partial charge in [0.05, 0.1) is 5.56 Å². The number of benzene rings is 2. The van der Waals surface area contributed by atoms with Crippen LogP contribution in [0.1, 0.15) is 10.4 Å². The number of phenols is 1. The van der Waals surface area contributed by atoms with Gasteiger partial charge in [0.2, 0.25) is 0 Å². The Balaban J connectivity index is 1.79. The molecule has 2 amide bonds. The van der Waals surface area contributed by atoms with E-state index in [2.05, 4.69) is 10.9 Å². The molecule has 0 saturated heterocycles. The van der Waals surface area contributed by atoms with E-state index >= 15 is 0 Å². The molecule has 0 heterocycles. The average Bonchev–Trinajstić information content (AvgIpc) is 2.52. The third kappa shape index (κ3) is 4.20. The molecule has 0 unspecified atom stereocenters. The second kappa shape index (κ2) is 7.07. The van der Waals surface area contributed by atoms with E-state index in [1.807, 2.05) is 0 Å². The summed E-state index contributed by atoms with van der Waals surface area (Å²) in [4.78, 5) is 23.2. The first-order chi connectivity index (χ1) is 10.6. The fourth-order valence-corrected chi connectivity index (χ4v) is 1.58. The fourth-order valence-electron chi connectivity index (χ4n) is 1.58. The van der Waals surface area contributed by atoms with Crippen LogP contribution in [0.5, 0.6) is 11.5 Å². The van der Waals surface area contributed by atoms with Gasteiger partial charge < -0.3 is 9.84 Å². The number of carbonyl (C=O) groups excluding carboxylic acids is 2. The molecular weight excluding hydrogens is 291 g/mol. The number of phenolic OH excluding ortho intramolecular Hbond substituents is 1. The number of ether oxygens (including phenoxy) is 1. The molecule has 7 heteroatoms. The molecule has 0 bridgehead atoms. The van der Waals surface area contributed by atoms with Gasteiger partial charge in [-0.1, -0.05) is 12.1 Å². The molecule has 2 rings (SSSR count). The van der Waals surface area contributed by atoms with Crippen molar-refractivity contribution in [1.82, 2.24) is 10.9 Å². The first-order valence-corrected chi connectivity index (χ1v) is 6.32. The van der Waals surface area contributed by atoms with Crippen molar-refractivity contribution in [3.05, 3.63) is 59.9 Å². The van der Waals surface area contributed by atoms with E-state index in [0.717, 1.165) is 0 Å². The number of rotatable bonds is 4. The van der Waals surface area contributed by atoms with Crippen LogP contribution in [0, 0.1) is 5.82 Å². The molecule has 0 radical (unpaired) electrons. The molecule has 6 nitrogen and oxygen atoms in total. The highest BCUT2D eigenvalue weighted by molar-refractivity contribution is 5.97. The van der Waals surface area contributed by atoms with E-state index in [4.69, 9.17) is 4.74 Å². The number of halogens is 1. The van der Waals surface area contributed by atoms with Crippen molar-refractivity contribution in [2.24, 2.45) is 0 Å². The standard InChI is InChI=1S/C15H13FN2O4/c16-10-5-7-11(8-6-10)22-9-14(20)17-18-15(21)12-3-1-2-4-13(12)19/h1-8,19H,9H2,(H,17,20)(H,18,21). The molecule has 3 N–H and O–H groups in total. The van der Waals surface area contributed by atoms with Crippen molar-refractivity contribution in [3.63, 3.8) is 0 Å². The smallest absolute Gasteiger partial charge is 0.276 e. The Bertz CT molecular complexity index is 673. The molecule has 0 fully saturated rings. The zero-order chi connectivity index (χ0) is 15.9. The van der Waals surface area contributed by atoms with Crippen LogP contribution in [0.3, 0.4) is 0 Å². The van der Waals surface area contributed by atoms with Gasteiger partial charge in [-0.25, -0.2) is 4.39 Å². The summed E-state index contributed by atoms with van der Waals surface area (Å²) in [5, 5.41) is 9.49. The summed E-state index contributed by atoms with van der Waals surface area (Å²) in [6.45, 7) is -0.354. The number of nitrogens with one attached hydrogen (secondary N) is 2. The predicted octanol–water partition coefficient (Wildman–Crippen LogP) is 1.37. The quantitative estimate of drug-likeness (QED) is 0.745. The minimum absolute atomic E-state index is 0.0299. The number of hydrogen-bond donors (Lipinski definition) is 3. The molecule has 2 aromatic carbocycles. The zero-order valence-corrected chi connectivity index (χ0v) is 11.4. The summed E-state index contributed by atoms with van der Waals surface area (Å²) < 4.78 is 17.8. The molecule has 22 heavy (non-hydrogen) atoms. The molecule has 0 aliphatic rings. The molecule has 0 atom stereocenters. The second-order valence-electron chi connectivity index (χ2n) is 4.26. The summed E-state index contributed by atoms with van der Waals surface area (Å²) in [5.74, 6) is -1.55. The van der Waals surface area contributed by atoms with Gasteiger partial charge in [0.25, 0.3) is 11.8 Å². The van der Waals surface area contributed by atoms with Gasteiger partial charge in [0, 0.05) is 0 Å². The lowest BCUT2D eigenvalue weighted by Gasteiger charge is -2.09. The van der Waals surface area contributed by atoms with E-state index < -0.39 is 17.6 Å². The number of hydrazine groups is 1. The Morgan fingerprint density at radius 3 is 2.41 bits per heavy atom. The van der Waals surface area contributed by atoms with Crippen molar-refractivity contribution < 1.29 is 23.8 Å². The number of hydrogen-bond acceptors (Lipinski definition) is 4. The van der Waals surface area contributed by atoms with Gasteiger partial charge in [-0.2, -0.15) is 0 Å². The first kappa shape index (κ1) is 15.3. The van der Waals surface area contributed by atoms with Gasteiger partial charge in [-0.15, -0.1) is 0 Å². The van der Waals surface area contributed by atoms with Crippen LogP contribution < -0.4 is 15.6 Å². The maximum atomic E-state index is 12.7. The van der Waals surface area contributed by atoms with Crippen LogP contribution in [-0.2, 0) is 4.79 Å². The van der Waals surface area contributed by atoms with Crippen LogP contribution in [-0.4, -0.2) is 23.5 Å². The lowest BCUT2D eigenvalue weighted by molar-refractivity contribution is -0.123. The average molecular weight is 304 g/mol. The van der Waals surface area contributed by atoms with Crippen LogP contribution >= 0.6 is 0 Å². The van der Waals surface area contributed by atoms with Crippen LogP contribution in [0.4, 0.5) is 4.39 Å². The summed E-state index contributed by atoms with van der Waals surface area (Å²) in [7, 11) is 0. The number of para-hydroxylation sites is 1. The third-order valence-electron chi connectivity index (χ3n) is 2.65. The van der Waals surface area contributed by atoms with E-state index in [-0.39, 0.29) is 17.9 Å². The molecule has 114 valence electrons. The lowest BCUT2D eigenvalue weighted by Crippen LogP contribution is -2.43. The maximum Gasteiger partial charge on any atom is 0.276 e. The van der Waals surface area contributed by atoms with E-state index in [0.29, 0.717) is 5.75 Å². The first-order valence-electron chi connectivity index (χ1n) is 6.32. The maximum absolute atomic E-state index is 12.7. The number of carbonyl (C=O) groups is 2. The Hall–Kier alpha value is -3.09. The molecule has 0 aliphatic carbocycles. The Morgan fingerprint density at radius 1 is 1.05 bits per heavy atom. The van der Waals surface area contributed by atoms with E-state index in [9.17, 15) is 19.1 Å². The molecule has 0 aromatic heterocycles. The van der Waals surface area contributed by atoms with Crippen molar-refractivity contribution in [2.45, 2.75) is 0 Å². The molecule has 0 spiro atoms. The minimum atomic E-state index is -0.659. The Labute approximate surface area is 125 Å². The topological polar surface area (TPSA) is 87.7 Å². The summed E-state index contributed by atoms with van der Waals surface area (Å²) in [5.41, 5.74) is 4.32. The monoisotopic (exact) mass is 304 g/mol. The number of amides is 2. The van der Waals surface area contributed by atoms with Gasteiger partial charge >= 0.3 is 0 Å². The molecule has 0 aliphatic heterocycles. The van der Waals surface area contributed by atoms with E-state index in [1.165, 1.54) is 36.4 Å². The molecule has 2 aromatic rings. The van der Waals surface area contributed by atoms with Gasteiger partial charge in [0.15, 0.2) is 6.61 Å². The SMILES string of the molecule is O=C(COc1ccc(F)cc1)NNC(=O)c1ccccc1O. The normalized spacial score (nSPS) is 9.86. The summed E-state index contributed by atoms with van der Waals surface area (Å²) in [6, 6.07) is 11.1. The second-order valence-corrected chi connectivity index (χ2v) is 4.26. The van der Waals surface area contributed by atoms with E-state index in [1.54, 1.807) is 12.1 Å². The van der Waals surface area contributed by atoms with Crippen LogP contribution in [0.25, 0.3) is 0 Å². The lowest BCUT2D eigenvalue weighted by atomic mass is 10.2. The van der Waals surface area contributed by atoms with Gasteiger partial charge in [-0.05, 0) is 36.4 Å². The van der Waals surface area contributed by atoms with Gasteiger partial charge in [-0.3, -0.25) is 20.4 Å². The number of aromatic hydroxyl groups is 1. The summed E-state index contributed by atoms with van der Waals surface area (Å²) >= 11 is 0. The molecule has 0 saturated carbocycles. The zero-order valence-electron chi connectivity index (χ0n) is 11.4.